The third kappa shape index (κ3) is 4.26. The smallest absolute Gasteiger partial charge is 0.324 e. The van der Waals surface area contributed by atoms with Crippen molar-refractivity contribution < 1.29 is 14.4 Å². The second-order valence-corrected chi connectivity index (χ2v) is 10.1. The Morgan fingerprint density at radius 3 is 2.71 bits per heavy atom. The predicted octanol–water partition coefficient (Wildman–Crippen LogP) is 5.07. The van der Waals surface area contributed by atoms with Crippen molar-refractivity contribution in [3.8, 4) is 0 Å². The first-order chi connectivity index (χ1) is 16.4. The molecular formula is C25H23ClN4O3S. The number of thiophene rings is 1. The third-order valence-corrected chi connectivity index (χ3v) is 7.35. The van der Waals surface area contributed by atoms with Crippen LogP contribution in [0.2, 0.25) is 4.34 Å². The zero-order valence-electron chi connectivity index (χ0n) is 18.6. The van der Waals surface area contributed by atoms with E-state index in [4.69, 9.17) is 11.6 Å². The van der Waals surface area contributed by atoms with Gasteiger partial charge in [-0.2, -0.15) is 0 Å². The number of nitrogens with one attached hydrogen (secondary N) is 1. The molecule has 3 heterocycles. The topological polar surface area (TPSA) is 73.0 Å². The molecule has 7 nitrogen and oxygen atoms in total. The number of hydrogen-bond acceptors (Lipinski definition) is 4. The Hall–Kier alpha value is -3.36. The second kappa shape index (κ2) is 9.12. The number of carbonyl (C=O) groups is 3. The Labute approximate surface area is 206 Å². The van der Waals surface area contributed by atoms with Gasteiger partial charge >= 0.3 is 6.03 Å². The molecular weight excluding hydrogens is 472 g/mol. The molecule has 1 fully saturated rings. The zero-order valence-corrected chi connectivity index (χ0v) is 20.2. The molecule has 9 heteroatoms. The molecule has 0 unspecified atom stereocenters. The van der Waals surface area contributed by atoms with Gasteiger partial charge in [0.25, 0.3) is 11.8 Å². The minimum Gasteiger partial charge on any atom is -0.330 e. The first-order valence-electron chi connectivity index (χ1n) is 11.0. The molecule has 2 aliphatic rings. The molecule has 0 bridgehead atoms. The fourth-order valence-corrected chi connectivity index (χ4v) is 5.34. The summed E-state index contributed by atoms with van der Waals surface area (Å²) >= 11 is 7.17. The van der Waals surface area contributed by atoms with E-state index in [1.165, 1.54) is 11.3 Å². The quantitative estimate of drug-likeness (QED) is 0.538. The highest BCUT2D eigenvalue weighted by molar-refractivity contribution is 7.18. The Bertz CT molecular complexity index is 1290. The van der Waals surface area contributed by atoms with Crippen molar-refractivity contribution >= 4 is 52.2 Å². The van der Waals surface area contributed by atoms with Crippen LogP contribution >= 0.6 is 22.9 Å². The average molecular weight is 495 g/mol. The minimum atomic E-state index is -0.250. The molecule has 174 valence electrons. The van der Waals surface area contributed by atoms with E-state index >= 15 is 0 Å². The van der Waals surface area contributed by atoms with E-state index in [1.54, 1.807) is 39.0 Å². The Morgan fingerprint density at radius 1 is 1.09 bits per heavy atom. The van der Waals surface area contributed by atoms with Gasteiger partial charge in [-0.1, -0.05) is 29.8 Å². The molecule has 0 atom stereocenters. The summed E-state index contributed by atoms with van der Waals surface area (Å²) in [5.41, 5.74) is 3.79. The molecule has 1 N–H and O–H groups in total. The lowest BCUT2D eigenvalue weighted by Gasteiger charge is -2.33. The first-order valence-corrected chi connectivity index (χ1v) is 12.2. The summed E-state index contributed by atoms with van der Waals surface area (Å²) in [5.74, 6) is -0.329. The Morgan fingerprint density at radius 2 is 1.91 bits per heavy atom. The summed E-state index contributed by atoms with van der Waals surface area (Å²) in [6.45, 7) is 2.24. The van der Waals surface area contributed by atoms with Gasteiger partial charge in [-0.05, 0) is 48.4 Å². The highest BCUT2D eigenvalue weighted by Gasteiger charge is 2.30. The first kappa shape index (κ1) is 22.4. The monoisotopic (exact) mass is 494 g/mol. The number of urea groups is 1. The molecule has 1 aromatic heterocycles. The summed E-state index contributed by atoms with van der Waals surface area (Å²) in [7, 11) is 1.81. The van der Waals surface area contributed by atoms with Crippen LogP contribution in [0.4, 0.5) is 16.2 Å². The number of anilines is 2. The van der Waals surface area contributed by atoms with Crippen LogP contribution in [-0.4, -0.2) is 47.8 Å². The van der Waals surface area contributed by atoms with Crippen molar-refractivity contribution in [2.75, 3.05) is 30.4 Å². The van der Waals surface area contributed by atoms with Gasteiger partial charge in [0.2, 0.25) is 0 Å². The molecule has 5 rings (SSSR count). The summed E-state index contributed by atoms with van der Waals surface area (Å²) in [5, 5.41) is 2.92. The summed E-state index contributed by atoms with van der Waals surface area (Å²) in [4.78, 5) is 44.1. The average Bonchev–Trinajstić information content (AvgIpc) is 3.40. The number of hydrogen-bond donors (Lipinski definition) is 1. The second-order valence-electron chi connectivity index (χ2n) is 8.43. The van der Waals surface area contributed by atoms with Crippen molar-refractivity contribution in [1.82, 2.24) is 9.80 Å². The summed E-state index contributed by atoms with van der Waals surface area (Å²) in [6.07, 6.45) is 0.915. The largest absolute Gasteiger partial charge is 0.330 e. The van der Waals surface area contributed by atoms with Crippen molar-refractivity contribution in [1.29, 1.82) is 0 Å². The molecule has 0 radical (unpaired) electrons. The van der Waals surface area contributed by atoms with Gasteiger partial charge in [-0.15, -0.1) is 11.3 Å². The predicted molar refractivity (Wildman–Crippen MR) is 134 cm³/mol. The van der Waals surface area contributed by atoms with E-state index in [0.29, 0.717) is 40.1 Å². The highest BCUT2D eigenvalue weighted by Crippen LogP contribution is 2.32. The van der Waals surface area contributed by atoms with E-state index < -0.39 is 0 Å². The molecule has 4 amide bonds. The fourth-order valence-electron chi connectivity index (χ4n) is 4.40. The van der Waals surface area contributed by atoms with Gasteiger partial charge in [0, 0.05) is 55.7 Å². The van der Waals surface area contributed by atoms with E-state index in [0.717, 1.165) is 29.8 Å². The van der Waals surface area contributed by atoms with Crippen LogP contribution < -0.4 is 10.2 Å². The molecule has 3 aromatic rings. The Balaban J connectivity index is 1.33. The van der Waals surface area contributed by atoms with Gasteiger partial charge in [-0.3, -0.25) is 14.5 Å². The van der Waals surface area contributed by atoms with E-state index in [1.807, 2.05) is 37.4 Å². The lowest BCUT2D eigenvalue weighted by atomic mass is 10.1. The molecule has 2 aromatic carbocycles. The van der Waals surface area contributed by atoms with Crippen LogP contribution in [0.25, 0.3) is 0 Å². The van der Waals surface area contributed by atoms with Gasteiger partial charge in [0.1, 0.15) is 0 Å². The molecule has 0 spiro atoms. The maximum Gasteiger partial charge on any atom is 0.324 e. The Kier molecular flexibility index (Phi) is 6.02. The number of fused-ring (bicyclic) bond motifs is 1. The minimum absolute atomic E-state index is 0.0135. The SMILES string of the molecule is CN1CCCN(c2cccc(CN3Cc4c(NC(=O)c5ccc(Cl)s5)cccc4C3=O)c2)C1=O. The van der Waals surface area contributed by atoms with Crippen molar-refractivity contribution in [2.45, 2.75) is 19.5 Å². The molecule has 0 saturated carbocycles. The molecule has 1 saturated heterocycles. The number of halogens is 1. The van der Waals surface area contributed by atoms with Crippen LogP contribution in [0.15, 0.2) is 54.6 Å². The van der Waals surface area contributed by atoms with Crippen LogP contribution in [0.5, 0.6) is 0 Å². The molecule has 34 heavy (non-hydrogen) atoms. The van der Waals surface area contributed by atoms with Crippen LogP contribution in [0.1, 0.15) is 37.6 Å². The lowest BCUT2D eigenvalue weighted by molar-refractivity contribution is 0.0766. The maximum absolute atomic E-state index is 13.1. The van der Waals surface area contributed by atoms with Crippen molar-refractivity contribution in [3.05, 3.63) is 80.5 Å². The number of rotatable bonds is 5. The van der Waals surface area contributed by atoms with E-state index in [9.17, 15) is 14.4 Å². The standard InChI is InChI=1S/C25H23ClN4O3S/c1-28-11-4-12-30(25(28)33)17-6-2-5-16(13-17)14-29-15-19-18(24(29)32)7-3-8-20(19)27-23(31)21-9-10-22(26)34-21/h2-3,5-10,13H,4,11-12,14-15H2,1H3,(H,27,31). The maximum atomic E-state index is 13.1. The van der Waals surface area contributed by atoms with E-state index in [2.05, 4.69) is 5.32 Å². The number of benzene rings is 2. The molecule has 0 aliphatic carbocycles. The highest BCUT2D eigenvalue weighted by atomic mass is 35.5. The molecule has 2 aliphatic heterocycles. The van der Waals surface area contributed by atoms with E-state index in [-0.39, 0.29) is 17.8 Å². The number of carbonyl (C=O) groups excluding carboxylic acids is 3. The van der Waals surface area contributed by atoms with Gasteiger partial charge in [-0.25, -0.2) is 4.79 Å². The summed E-state index contributed by atoms with van der Waals surface area (Å²) < 4.78 is 0.546. The lowest BCUT2D eigenvalue weighted by Crippen LogP contribution is -2.47. The van der Waals surface area contributed by atoms with Crippen molar-refractivity contribution in [2.24, 2.45) is 0 Å². The van der Waals surface area contributed by atoms with Gasteiger partial charge < -0.3 is 15.1 Å². The van der Waals surface area contributed by atoms with Crippen LogP contribution in [0, 0.1) is 0 Å². The van der Waals surface area contributed by atoms with Gasteiger partial charge in [0.05, 0.1) is 9.21 Å². The van der Waals surface area contributed by atoms with Crippen LogP contribution in [-0.2, 0) is 13.1 Å². The fraction of sp³-hybridized carbons (Fsp3) is 0.240. The number of nitrogens with zero attached hydrogens (tertiary/aromatic N) is 3. The van der Waals surface area contributed by atoms with Crippen LogP contribution in [0.3, 0.4) is 0 Å². The van der Waals surface area contributed by atoms with Gasteiger partial charge in [0.15, 0.2) is 0 Å². The number of amides is 4. The zero-order chi connectivity index (χ0) is 23.8. The van der Waals surface area contributed by atoms with Crippen molar-refractivity contribution in [3.63, 3.8) is 0 Å². The summed E-state index contributed by atoms with van der Waals surface area (Å²) in [6, 6.07) is 16.5. The normalized spacial score (nSPS) is 15.6. The third-order valence-electron chi connectivity index (χ3n) is 6.12.